The van der Waals surface area contributed by atoms with E-state index in [1.54, 1.807) is 17.3 Å². The predicted octanol–water partition coefficient (Wildman–Crippen LogP) is 7.63. The number of alkyl halides is 6. The standard InChI is InChI=1S/C24H32N8O3S.C23H31N7O2S.C4F6O2.I2.HI/c1-36(34,35)29-18-7-5-17(6-8-18)27-24-26-11-9-22(28-24)32-12-10-19-20(3-2-4-21(19)32)30-13-15-31(16-14-30)23(25)33;1-33(31,32)28-18-7-5-17(6-8-18)26-23-25-11-9-22(27-23)30-14-10-19-20(3-2-4-21(19)30)29-15-12-24-13-16-29;5-3(6,7)1(11)2(12)4(8,9)10;1-2;/h2-4,9-12,17-18,29H,5-8,13-16H2,1H3,(H2,25,33)(H,26,27,28);2-4,9-11,14,17-18,24,28H,5-8,12-13,15-16H2,1H3,(H,25,26,27);;;1H. The number of rotatable bonds is 13. The summed E-state index contributed by atoms with van der Waals surface area (Å²) >= 11 is 4.24. The van der Waals surface area contributed by atoms with Gasteiger partial charge >= 0.3 is 30.0 Å². The molecule has 2 aliphatic carbocycles. The van der Waals surface area contributed by atoms with Crippen LogP contribution in [0.3, 0.4) is 0 Å². The number of benzene rings is 2. The molecule has 33 heteroatoms. The molecule has 7 N–H and O–H groups in total. The summed E-state index contributed by atoms with van der Waals surface area (Å²) in [6.45, 7) is 6.71. The quantitative estimate of drug-likeness (QED) is 0.0368. The molecule has 2 saturated heterocycles. The van der Waals surface area contributed by atoms with Crippen LogP contribution in [0.2, 0.25) is 0 Å². The summed E-state index contributed by atoms with van der Waals surface area (Å²) < 4.78 is 122. The van der Waals surface area contributed by atoms with Crippen molar-refractivity contribution in [3.63, 3.8) is 0 Å². The van der Waals surface area contributed by atoms with Crippen molar-refractivity contribution < 1.29 is 57.6 Å². The van der Waals surface area contributed by atoms with Crippen LogP contribution in [0.15, 0.2) is 85.5 Å². The van der Waals surface area contributed by atoms with E-state index in [1.807, 2.05) is 24.4 Å². The molecule has 10 rings (SSSR count). The Hall–Kier alpha value is -4.96. The van der Waals surface area contributed by atoms with Crippen LogP contribution in [-0.4, -0.2) is 170 Å². The highest BCUT2D eigenvalue weighted by atomic mass is 128. The van der Waals surface area contributed by atoms with Crippen molar-refractivity contribution in [2.24, 2.45) is 5.73 Å². The normalized spacial score (nSPS) is 19.5. The van der Waals surface area contributed by atoms with Crippen molar-refractivity contribution in [1.29, 1.82) is 0 Å². The second kappa shape index (κ2) is 30.1. The summed E-state index contributed by atoms with van der Waals surface area (Å²) in [6, 6.07) is 20.8. The number of ketones is 2. The van der Waals surface area contributed by atoms with Crippen LogP contribution in [0, 0.1) is 0 Å². The third-order valence-corrected chi connectivity index (χ3v) is 15.7. The summed E-state index contributed by atoms with van der Waals surface area (Å²) in [5.41, 5.74) is 9.99. The molecule has 6 aromatic rings. The lowest BCUT2D eigenvalue weighted by molar-refractivity contribution is -0.193. The number of hydrogen-bond acceptors (Lipinski definition) is 16. The number of primary amides is 1. The van der Waals surface area contributed by atoms with Crippen LogP contribution in [0.25, 0.3) is 33.4 Å². The summed E-state index contributed by atoms with van der Waals surface area (Å²) in [7, 11) is -6.35. The number of Topliss-reactive ketones (excluding diaryl/α,β-unsaturated/α-hetero) is 2. The van der Waals surface area contributed by atoms with Crippen molar-refractivity contribution in [2.75, 3.05) is 85.3 Å². The van der Waals surface area contributed by atoms with Gasteiger partial charge in [-0.05, 0) is 99.9 Å². The number of piperazine rings is 2. The molecule has 6 heterocycles. The van der Waals surface area contributed by atoms with Gasteiger partial charge in [0.2, 0.25) is 31.9 Å². The van der Waals surface area contributed by atoms with Gasteiger partial charge in [-0.3, -0.25) is 9.59 Å². The zero-order valence-electron chi connectivity index (χ0n) is 45.4. The maximum Gasteiger partial charge on any atom is 0.458 e. The van der Waals surface area contributed by atoms with Crippen molar-refractivity contribution >= 4 is 144 Å². The first-order chi connectivity index (χ1) is 39.3. The van der Waals surface area contributed by atoms with E-state index in [-0.39, 0.29) is 54.2 Å². The van der Waals surface area contributed by atoms with Gasteiger partial charge in [0, 0.05) is 161 Å². The van der Waals surface area contributed by atoms with Crippen LogP contribution in [0.1, 0.15) is 51.4 Å². The maximum atomic E-state index is 11.5. The van der Waals surface area contributed by atoms with Gasteiger partial charge in [0.25, 0.3) is 0 Å². The number of nitrogens with one attached hydrogen (secondary N) is 5. The van der Waals surface area contributed by atoms with E-state index in [4.69, 9.17) is 15.7 Å². The fourth-order valence-corrected chi connectivity index (χ4v) is 12.1. The average molecular weight is 1560 g/mol. The predicted molar refractivity (Wildman–Crippen MR) is 337 cm³/mol. The van der Waals surface area contributed by atoms with E-state index in [0.717, 1.165) is 124 Å². The molecule has 4 fully saturated rings. The molecule has 2 amide bonds. The van der Waals surface area contributed by atoms with Crippen molar-refractivity contribution in [3.8, 4) is 11.6 Å². The molecular formula is C51H64F6I3N15O7S2. The number of fused-ring (bicyclic) bond motifs is 2. The second-order valence-corrected chi connectivity index (χ2v) is 23.7. The van der Waals surface area contributed by atoms with Gasteiger partial charge in [-0.1, -0.05) is 12.1 Å². The van der Waals surface area contributed by atoms with E-state index in [9.17, 15) is 57.6 Å². The molecule has 0 unspecified atom stereocenters. The Morgan fingerprint density at radius 1 is 0.571 bits per heavy atom. The molecule has 0 atom stereocenters. The van der Waals surface area contributed by atoms with E-state index in [2.05, 4.69) is 140 Å². The minimum atomic E-state index is -5.77. The lowest BCUT2D eigenvalue weighted by Crippen LogP contribution is -2.50. The molecule has 22 nitrogen and oxygen atoms in total. The molecule has 2 saturated carbocycles. The molecule has 4 aromatic heterocycles. The highest BCUT2D eigenvalue weighted by Crippen LogP contribution is 2.33. The number of carbonyl (C=O) groups is 3. The molecule has 84 heavy (non-hydrogen) atoms. The lowest BCUT2D eigenvalue weighted by atomic mass is 9.92. The number of hydrogen-bond donors (Lipinski definition) is 6. The Balaban J connectivity index is 0.000000219. The Kier molecular flexibility index (Phi) is 24.4. The lowest BCUT2D eigenvalue weighted by Gasteiger charge is -2.35. The number of sulfonamides is 2. The van der Waals surface area contributed by atoms with E-state index >= 15 is 0 Å². The molecular weight excluding hydrogens is 1490 g/mol. The number of nitrogens with zero attached hydrogens (tertiary/aromatic N) is 9. The van der Waals surface area contributed by atoms with E-state index < -0.39 is 44.0 Å². The largest absolute Gasteiger partial charge is 0.458 e. The first-order valence-corrected chi connectivity index (χ1v) is 36.3. The Morgan fingerprint density at radius 3 is 1.30 bits per heavy atom. The smallest absolute Gasteiger partial charge is 0.368 e. The highest BCUT2D eigenvalue weighted by Gasteiger charge is 2.54. The Labute approximate surface area is 522 Å². The molecule has 4 aliphatic rings. The van der Waals surface area contributed by atoms with Gasteiger partial charge in [-0.15, -0.1) is 24.0 Å². The second-order valence-electron chi connectivity index (χ2n) is 20.1. The van der Waals surface area contributed by atoms with Gasteiger partial charge in [-0.25, -0.2) is 41.0 Å². The van der Waals surface area contributed by atoms with Gasteiger partial charge in [0.1, 0.15) is 11.6 Å². The third kappa shape index (κ3) is 19.0. The van der Waals surface area contributed by atoms with E-state index in [0.29, 0.717) is 25.0 Å². The Morgan fingerprint density at radius 2 is 0.940 bits per heavy atom. The Bertz CT molecular complexity index is 3400. The first kappa shape index (κ1) is 68.2. The molecule has 460 valence electrons. The first-order valence-electron chi connectivity index (χ1n) is 26.3. The average Bonchev–Trinajstić information content (AvgIpc) is 3.08. The van der Waals surface area contributed by atoms with E-state index in [1.165, 1.54) is 23.6 Å². The van der Waals surface area contributed by atoms with Gasteiger partial charge in [0.15, 0.2) is 0 Å². The number of urea groups is 1. The number of halogens is 9. The van der Waals surface area contributed by atoms with Gasteiger partial charge in [-0.2, -0.15) is 36.3 Å². The SMILES string of the molecule is CS(=O)(=O)NC1CCC(Nc2nccc(-n3ccc4c(N5CCN(C(N)=O)CC5)cccc43)n2)CC1.CS(=O)(=O)NC1CCC(Nc2nccc(-n3ccc4c(N5CCNCC5)cccc43)n2)CC1.I.II.O=C(C(=O)C(F)(F)F)C(F)(F)F. The number of aromatic nitrogens is 6. The van der Waals surface area contributed by atoms with Crippen LogP contribution in [0.5, 0.6) is 0 Å². The molecule has 2 aliphatic heterocycles. The minimum Gasteiger partial charge on any atom is -0.368 e. The summed E-state index contributed by atoms with van der Waals surface area (Å²) in [6.07, 6.45) is 5.12. The number of amides is 2. The fourth-order valence-electron chi connectivity index (χ4n) is 10.4. The molecule has 0 bridgehead atoms. The fraction of sp³-hybridized carbons (Fsp3) is 0.471. The number of nitrogens with two attached hydrogens (primary N) is 1. The highest BCUT2D eigenvalue weighted by molar-refractivity contribution is 15.0. The summed E-state index contributed by atoms with van der Waals surface area (Å²) in [5, 5.41) is 12.6. The minimum absolute atomic E-state index is 0. The van der Waals surface area contributed by atoms with Crippen molar-refractivity contribution in [3.05, 3.63) is 85.5 Å². The van der Waals surface area contributed by atoms with Crippen LogP contribution in [-0.2, 0) is 29.6 Å². The monoisotopic (exact) mass is 1560 g/mol. The topological polar surface area (TPSA) is 277 Å². The van der Waals surface area contributed by atoms with Gasteiger partial charge in [0.05, 0.1) is 23.5 Å². The van der Waals surface area contributed by atoms with Crippen LogP contribution >= 0.6 is 61.2 Å². The molecule has 0 spiro atoms. The third-order valence-electron chi connectivity index (χ3n) is 14.2. The maximum absolute atomic E-state index is 11.5. The van der Waals surface area contributed by atoms with Crippen LogP contribution in [0.4, 0.5) is 54.4 Å². The summed E-state index contributed by atoms with van der Waals surface area (Å²) in [4.78, 5) is 55.5. The zero-order chi connectivity index (χ0) is 60.3. The number of anilines is 4. The molecule has 2 aromatic carbocycles. The van der Waals surface area contributed by atoms with Crippen molar-refractivity contribution in [1.82, 2.24) is 48.7 Å². The zero-order valence-corrected chi connectivity index (χ0v) is 53.7. The van der Waals surface area contributed by atoms with Crippen molar-refractivity contribution in [2.45, 2.75) is 87.9 Å². The summed E-state index contributed by atoms with van der Waals surface area (Å²) in [5.74, 6) is -4.05. The van der Waals surface area contributed by atoms with Gasteiger partial charge < -0.3 is 45.5 Å². The molecule has 0 radical (unpaired) electrons. The van der Waals surface area contributed by atoms with Crippen LogP contribution < -0.4 is 40.9 Å². The number of carbonyl (C=O) groups excluding carboxylic acids is 3.